The Kier molecular flexibility index (Phi) is 6.11. The van der Waals surface area contributed by atoms with Crippen LogP contribution in [-0.2, 0) is 0 Å². The fourth-order valence-corrected chi connectivity index (χ4v) is 1.71. The molecule has 0 fully saturated rings. The van der Waals surface area contributed by atoms with Crippen molar-refractivity contribution < 1.29 is 0 Å². The molecular formula is C13H26. The van der Waals surface area contributed by atoms with E-state index in [1.807, 2.05) is 6.08 Å². The van der Waals surface area contributed by atoms with Crippen LogP contribution in [-0.4, -0.2) is 0 Å². The first-order valence-electron chi connectivity index (χ1n) is 5.67. The molecular weight excluding hydrogens is 156 g/mol. The molecule has 0 saturated carbocycles. The van der Waals surface area contributed by atoms with Gasteiger partial charge in [0.25, 0.3) is 0 Å². The summed E-state index contributed by atoms with van der Waals surface area (Å²) in [7, 11) is 0. The van der Waals surface area contributed by atoms with Crippen molar-refractivity contribution in [1.29, 1.82) is 0 Å². The van der Waals surface area contributed by atoms with Gasteiger partial charge in [0, 0.05) is 0 Å². The van der Waals surface area contributed by atoms with E-state index in [-0.39, 0.29) is 0 Å². The van der Waals surface area contributed by atoms with Crippen LogP contribution in [0.1, 0.15) is 59.8 Å². The third-order valence-corrected chi connectivity index (χ3v) is 3.41. The van der Waals surface area contributed by atoms with Gasteiger partial charge in [-0.25, -0.2) is 0 Å². The van der Waals surface area contributed by atoms with Gasteiger partial charge in [0.15, 0.2) is 0 Å². The van der Waals surface area contributed by atoms with Crippen molar-refractivity contribution in [1.82, 2.24) is 0 Å². The zero-order chi connectivity index (χ0) is 10.3. The van der Waals surface area contributed by atoms with Crippen LogP contribution in [0.15, 0.2) is 12.7 Å². The molecule has 0 saturated heterocycles. The van der Waals surface area contributed by atoms with E-state index in [4.69, 9.17) is 0 Å². The lowest BCUT2D eigenvalue weighted by Crippen LogP contribution is -2.23. The lowest BCUT2D eigenvalue weighted by atomic mass is 9.72. The molecule has 0 spiro atoms. The van der Waals surface area contributed by atoms with Crippen molar-refractivity contribution in [2.45, 2.75) is 59.8 Å². The maximum Gasteiger partial charge on any atom is -0.0300 e. The summed E-state index contributed by atoms with van der Waals surface area (Å²) in [6.45, 7) is 13.2. The maximum absolute atomic E-state index is 3.80. The van der Waals surface area contributed by atoms with Crippen LogP contribution in [0, 0.1) is 11.3 Å². The largest absolute Gasteiger partial charge is 0.103 e. The first-order valence-corrected chi connectivity index (χ1v) is 5.67. The molecule has 0 heterocycles. The molecule has 0 aromatic heterocycles. The first-order chi connectivity index (χ1) is 6.06. The van der Waals surface area contributed by atoms with Gasteiger partial charge in [-0.3, -0.25) is 0 Å². The lowest BCUT2D eigenvalue weighted by Gasteiger charge is -2.33. The summed E-state index contributed by atoms with van der Waals surface area (Å²) in [5.41, 5.74) is 0.532. The summed E-state index contributed by atoms with van der Waals surface area (Å²) in [5, 5.41) is 0. The molecule has 0 amide bonds. The van der Waals surface area contributed by atoms with Gasteiger partial charge in [0.2, 0.25) is 0 Å². The highest BCUT2D eigenvalue weighted by Crippen LogP contribution is 2.37. The van der Waals surface area contributed by atoms with Gasteiger partial charge < -0.3 is 0 Å². The van der Waals surface area contributed by atoms with E-state index < -0.39 is 0 Å². The maximum atomic E-state index is 3.80. The highest BCUT2D eigenvalue weighted by molar-refractivity contribution is 4.81. The monoisotopic (exact) mass is 182 g/mol. The molecule has 0 radical (unpaired) electrons. The highest BCUT2D eigenvalue weighted by Gasteiger charge is 2.26. The van der Waals surface area contributed by atoms with Crippen LogP contribution in [0.5, 0.6) is 0 Å². The molecule has 0 N–H and O–H groups in total. The summed E-state index contributed by atoms with van der Waals surface area (Å²) in [5.74, 6) is 0.791. The Morgan fingerprint density at radius 1 is 1.31 bits per heavy atom. The van der Waals surface area contributed by atoms with Crippen LogP contribution in [0.3, 0.4) is 0 Å². The average molecular weight is 182 g/mol. The van der Waals surface area contributed by atoms with Gasteiger partial charge in [0.1, 0.15) is 0 Å². The van der Waals surface area contributed by atoms with Gasteiger partial charge in [-0.15, -0.1) is 6.58 Å². The molecule has 0 aromatic carbocycles. The Labute approximate surface area is 84.4 Å². The van der Waals surface area contributed by atoms with E-state index in [0.717, 1.165) is 5.92 Å². The fourth-order valence-electron chi connectivity index (χ4n) is 1.71. The second-order valence-corrected chi connectivity index (χ2v) is 4.74. The molecule has 1 atom stereocenters. The number of rotatable bonds is 7. The van der Waals surface area contributed by atoms with Gasteiger partial charge in [-0.05, 0) is 30.6 Å². The smallest absolute Gasteiger partial charge is 0.0300 e. The third-order valence-electron chi connectivity index (χ3n) is 3.41. The Bertz CT molecular complexity index is 135. The summed E-state index contributed by atoms with van der Waals surface area (Å²) in [6.07, 6.45) is 8.57. The van der Waals surface area contributed by atoms with Gasteiger partial charge in [-0.2, -0.15) is 0 Å². The molecule has 0 bridgehead atoms. The van der Waals surface area contributed by atoms with E-state index in [1.165, 1.54) is 32.1 Å². The third kappa shape index (κ3) is 4.50. The minimum atomic E-state index is 0.532. The Hall–Kier alpha value is -0.260. The van der Waals surface area contributed by atoms with Crippen molar-refractivity contribution in [3.8, 4) is 0 Å². The topological polar surface area (TPSA) is 0 Å². The molecule has 0 heteroatoms. The predicted octanol–water partition coefficient (Wildman–Crippen LogP) is 4.81. The Morgan fingerprint density at radius 3 is 2.31 bits per heavy atom. The van der Waals surface area contributed by atoms with Crippen LogP contribution in [0.2, 0.25) is 0 Å². The lowest BCUT2D eigenvalue weighted by molar-refractivity contribution is 0.178. The van der Waals surface area contributed by atoms with Crippen molar-refractivity contribution in [3.63, 3.8) is 0 Å². The number of allylic oxidation sites excluding steroid dienone is 1. The second-order valence-electron chi connectivity index (χ2n) is 4.74. The quantitative estimate of drug-likeness (QED) is 0.496. The van der Waals surface area contributed by atoms with Crippen molar-refractivity contribution >= 4 is 0 Å². The van der Waals surface area contributed by atoms with Crippen molar-refractivity contribution in [3.05, 3.63) is 12.7 Å². The standard InChI is InChI=1S/C13H26/c1-6-8-10-13(5,12(3)4)11-9-7-2/h6,12H,1,7-11H2,2-5H3. The van der Waals surface area contributed by atoms with Gasteiger partial charge in [0.05, 0.1) is 0 Å². The van der Waals surface area contributed by atoms with Crippen molar-refractivity contribution in [2.75, 3.05) is 0 Å². The summed E-state index contributed by atoms with van der Waals surface area (Å²) < 4.78 is 0. The van der Waals surface area contributed by atoms with Crippen LogP contribution in [0.4, 0.5) is 0 Å². The van der Waals surface area contributed by atoms with E-state index in [2.05, 4.69) is 34.3 Å². The Balaban J connectivity index is 4.07. The molecule has 78 valence electrons. The first kappa shape index (κ1) is 12.7. The number of hydrogen-bond acceptors (Lipinski definition) is 0. The summed E-state index contributed by atoms with van der Waals surface area (Å²) in [6, 6.07) is 0. The van der Waals surface area contributed by atoms with Crippen molar-refractivity contribution in [2.24, 2.45) is 11.3 Å². The predicted molar refractivity (Wildman–Crippen MR) is 61.9 cm³/mol. The summed E-state index contributed by atoms with van der Waals surface area (Å²) >= 11 is 0. The van der Waals surface area contributed by atoms with E-state index >= 15 is 0 Å². The normalized spacial score (nSPS) is 15.8. The molecule has 0 aliphatic heterocycles. The van der Waals surface area contributed by atoms with E-state index in [9.17, 15) is 0 Å². The minimum absolute atomic E-state index is 0.532. The van der Waals surface area contributed by atoms with Gasteiger partial charge >= 0.3 is 0 Å². The molecule has 0 aliphatic carbocycles. The zero-order valence-electron chi connectivity index (χ0n) is 9.90. The molecule has 0 nitrogen and oxygen atoms in total. The number of hydrogen-bond donors (Lipinski definition) is 0. The highest BCUT2D eigenvalue weighted by atomic mass is 14.3. The average Bonchev–Trinajstić information content (AvgIpc) is 2.11. The fraction of sp³-hybridized carbons (Fsp3) is 0.846. The SMILES string of the molecule is C=CCCC(C)(CCCC)C(C)C. The van der Waals surface area contributed by atoms with E-state index in [0.29, 0.717) is 5.41 Å². The number of unbranched alkanes of at least 4 members (excludes halogenated alkanes) is 1. The minimum Gasteiger partial charge on any atom is -0.103 e. The molecule has 0 rings (SSSR count). The second kappa shape index (κ2) is 6.23. The molecule has 13 heavy (non-hydrogen) atoms. The summed E-state index contributed by atoms with van der Waals surface area (Å²) in [4.78, 5) is 0. The van der Waals surface area contributed by atoms with Gasteiger partial charge in [-0.1, -0.05) is 46.6 Å². The molecule has 1 unspecified atom stereocenters. The molecule has 0 aromatic rings. The molecule has 0 aliphatic rings. The zero-order valence-corrected chi connectivity index (χ0v) is 9.90. The van der Waals surface area contributed by atoms with Crippen LogP contribution >= 0.6 is 0 Å². The van der Waals surface area contributed by atoms with Crippen LogP contribution < -0.4 is 0 Å². The Morgan fingerprint density at radius 2 is 1.92 bits per heavy atom. The van der Waals surface area contributed by atoms with Crippen LogP contribution in [0.25, 0.3) is 0 Å². The van der Waals surface area contributed by atoms with E-state index in [1.54, 1.807) is 0 Å².